The predicted molar refractivity (Wildman–Crippen MR) is 74.7 cm³/mol. The van der Waals surface area contributed by atoms with E-state index in [1.54, 1.807) is 0 Å². The van der Waals surface area contributed by atoms with Crippen LogP contribution in [0.4, 0.5) is 0 Å². The number of hydrogen-bond donors (Lipinski definition) is 0. The van der Waals surface area contributed by atoms with Crippen molar-refractivity contribution in [2.24, 2.45) is 0 Å². The molecule has 0 saturated carbocycles. The van der Waals surface area contributed by atoms with Gasteiger partial charge in [-0.1, -0.05) is 13.5 Å². The smallest absolute Gasteiger partial charge is 0.233 e. The molecule has 5 heteroatoms. The van der Waals surface area contributed by atoms with Gasteiger partial charge in [-0.05, 0) is 12.1 Å². The van der Waals surface area contributed by atoms with E-state index in [1.165, 1.54) is 0 Å². The highest BCUT2D eigenvalue weighted by Crippen LogP contribution is 2.12. The van der Waals surface area contributed by atoms with Crippen molar-refractivity contribution in [2.45, 2.75) is 7.43 Å². The molecule has 0 radical (unpaired) electrons. The third-order valence-corrected chi connectivity index (χ3v) is 3.11. The zero-order valence-corrected chi connectivity index (χ0v) is 10.3. The van der Waals surface area contributed by atoms with Crippen LogP contribution >= 0.6 is 0 Å². The summed E-state index contributed by atoms with van der Waals surface area (Å²) in [6.45, 7) is 5.24. The van der Waals surface area contributed by atoms with Gasteiger partial charge in [-0.3, -0.25) is 4.90 Å². The van der Waals surface area contributed by atoms with Crippen molar-refractivity contribution in [3.8, 4) is 5.88 Å². The van der Waals surface area contributed by atoms with Gasteiger partial charge in [0.1, 0.15) is 6.61 Å². The fourth-order valence-corrected chi connectivity index (χ4v) is 2.09. The molecule has 0 unspecified atom stereocenters. The van der Waals surface area contributed by atoms with Crippen LogP contribution < -0.4 is 4.74 Å². The van der Waals surface area contributed by atoms with E-state index in [0.29, 0.717) is 12.5 Å². The van der Waals surface area contributed by atoms with Crippen LogP contribution in [0.1, 0.15) is 7.43 Å². The minimum atomic E-state index is 0. The summed E-state index contributed by atoms with van der Waals surface area (Å²) in [4.78, 5) is 2.35. The molecular weight excluding hydrogens is 242 g/mol. The van der Waals surface area contributed by atoms with Gasteiger partial charge in [0, 0.05) is 31.9 Å². The summed E-state index contributed by atoms with van der Waals surface area (Å²) >= 11 is 0. The Morgan fingerprint density at radius 3 is 2.89 bits per heavy atom. The summed E-state index contributed by atoms with van der Waals surface area (Å²) in [6, 6.07) is 7.92. The van der Waals surface area contributed by atoms with Crippen LogP contribution in [0.2, 0.25) is 0 Å². The molecule has 0 bridgehead atoms. The van der Waals surface area contributed by atoms with E-state index in [2.05, 4.69) is 10.00 Å². The Morgan fingerprint density at radius 2 is 2.11 bits per heavy atom. The molecule has 0 atom stereocenters. The summed E-state index contributed by atoms with van der Waals surface area (Å²) in [5.41, 5.74) is 1.05. The minimum Gasteiger partial charge on any atom is -0.475 e. The zero-order valence-electron chi connectivity index (χ0n) is 10.3. The first kappa shape index (κ1) is 13.8. The van der Waals surface area contributed by atoms with E-state index in [4.69, 9.17) is 9.47 Å². The van der Waals surface area contributed by atoms with Gasteiger partial charge in [-0.2, -0.15) is 0 Å². The van der Waals surface area contributed by atoms with Crippen LogP contribution in [0.15, 0.2) is 30.5 Å². The van der Waals surface area contributed by atoms with Crippen LogP contribution in [0.3, 0.4) is 0 Å². The molecule has 1 fully saturated rings. The van der Waals surface area contributed by atoms with Gasteiger partial charge in [0.05, 0.1) is 18.7 Å². The monoisotopic (exact) mass is 263 g/mol. The first-order valence-corrected chi connectivity index (χ1v) is 6.29. The maximum atomic E-state index is 5.68. The Morgan fingerprint density at radius 1 is 1.26 bits per heavy atom. The molecule has 104 valence electrons. The molecule has 2 aromatic heterocycles. The van der Waals surface area contributed by atoms with Gasteiger partial charge in [0.2, 0.25) is 5.88 Å². The lowest BCUT2D eigenvalue weighted by Crippen LogP contribution is -2.38. The van der Waals surface area contributed by atoms with Gasteiger partial charge in [-0.15, -0.1) is 5.10 Å². The molecule has 3 heterocycles. The maximum absolute atomic E-state index is 5.68. The molecule has 0 spiro atoms. The lowest BCUT2D eigenvalue weighted by Gasteiger charge is -2.26. The molecule has 2 aromatic rings. The number of hydrogen-bond acceptors (Lipinski definition) is 4. The first-order chi connectivity index (χ1) is 8.92. The van der Waals surface area contributed by atoms with Crippen molar-refractivity contribution < 1.29 is 9.47 Å². The normalized spacial score (nSPS) is 16.2. The number of rotatable bonds is 4. The van der Waals surface area contributed by atoms with Crippen LogP contribution in [0.25, 0.3) is 5.52 Å². The van der Waals surface area contributed by atoms with Crippen LogP contribution in [0.5, 0.6) is 5.88 Å². The molecule has 5 nitrogen and oxygen atoms in total. The number of fused-ring (bicyclic) bond motifs is 1. The molecule has 3 rings (SSSR count). The molecule has 0 aliphatic carbocycles. The number of ether oxygens (including phenoxy) is 2. The Bertz CT molecular complexity index is 473. The first-order valence-electron chi connectivity index (χ1n) is 6.29. The molecule has 0 N–H and O–H groups in total. The zero-order chi connectivity index (χ0) is 12.2. The van der Waals surface area contributed by atoms with E-state index in [-0.39, 0.29) is 7.43 Å². The van der Waals surface area contributed by atoms with E-state index in [9.17, 15) is 0 Å². The second-order valence-corrected chi connectivity index (χ2v) is 4.36. The number of morpholine rings is 1. The highest BCUT2D eigenvalue weighted by molar-refractivity contribution is 5.48. The summed E-state index contributed by atoms with van der Waals surface area (Å²) in [7, 11) is 0. The van der Waals surface area contributed by atoms with E-state index in [0.717, 1.165) is 38.4 Å². The molecular formula is C14H21N3O2. The molecule has 0 amide bonds. The Kier molecular flexibility index (Phi) is 4.76. The van der Waals surface area contributed by atoms with Gasteiger partial charge in [0.25, 0.3) is 0 Å². The van der Waals surface area contributed by atoms with Crippen molar-refractivity contribution >= 4 is 5.52 Å². The van der Waals surface area contributed by atoms with Crippen LogP contribution in [-0.4, -0.2) is 54.0 Å². The average molecular weight is 263 g/mol. The molecule has 1 aliphatic heterocycles. The highest BCUT2D eigenvalue weighted by atomic mass is 16.5. The third kappa shape index (κ3) is 3.45. The van der Waals surface area contributed by atoms with E-state index >= 15 is 0 Å². The summed E-state index contributed by atoms with van der Waals surface area (Å²) in [5.74, 6) is 0.689. The Balaban J connectivity index is 0.00000133. The molecule has 1 aliphatic rings. The third-order valence-electron chi connectivity index (χ3n) is 3.11. The Labute approximate surface area is 113 Å². The van der Waals surface area contributed by atoms with Crippen LogP contribution in [0, 0.1) is 0 Å². The van der Waals surface area contributed by atoms with Crippen molar-refractivity contribution in [1.82, 2.24) is 14.5 Å². The van der Waals surface area contributed by atoms with Crippen molar-refractivity contribution in [2.75, 3.05) is 39.5 Å². The molecule has 0 aromatic carbocycles. The summed E-state index contributed by atoms with van der Waals surface area (Å²) in [5, 5.41) is 4.35. The quantitative estimate of drug-likeness (QED) is 0.841. The highest BCUT2D eigenvalue weighted by Gasteiger charge is 2.10. The predicted octanol–water partition coefficient (Wildman–Crippen LogP) is 1.68. The fraction of sp³-hybridized carbons (Fsp3) is 0.500. The Hall–Kier alpha value is -1.59. The van der Waals surface area contributed by atoms with Gasteiger partial charge < -0.3 is 9.47 Å². The largest absolute Gasteiger partial charge is 0.475 e. The van der Waals surface area contributed by atoms with Crippen molar-refractivity contribution in [3.05, 3.63) is 30.5 Å². The summed E-state index contributed by atoms with van der Waals surface area (Å²) < 4.78 is 12.8. The molecule has 1 saturated heterocycles. The van der Waals surface area contributed by atoms with Gasteiger partial charge in [0.15, 0.2) is 0 Å². The maximum Gasteiger partial charge on any atom is 0.233 e. The lowest BCUT2D eigenvalue weighted by molar-refractivity contribution is 0.0320. The number of aromatic nitrogens is 2. The van der Waals surface area contributed by atoms with Gasteiger partial charge in [-0.25, -0.2) is 4.52 Å². The standard InChI is InChI=1S/C13H17N3O2.CH4/c1-2-4-16-12(3-1)11-13(14-16)18-10-7-15-5-8-17-9-6-15;/h1-4,11H,5-10H2;1H4. The fourth-order valence-electron chi connectivity index (χ4n) is 2.09. The number of pyridine rings is 1. The van der Waals surface area contributed by atoms with E-state index < -0.39 is 0 Å². The minimum absolute atomic E-state index is 0. The number of nitrogens with zero attached hydrogens (tertiary/aromatic N) is 3. The molecule has 19 heavy (non-hydrogen) atoms. The van der Waals surface area contributed by atoms with Crippen molar-refractivity contribution in [3.63, 3.8) is 0 Å². The average Bonchev–Trinajstić information content (AvgIpc) is 2.82. The summed E-state index contributed by atoms with van der Waals surface area (Å²) in [6.07, 6.45) is 1.92. The lowest BCUT2D eigenvalue weighted by atomic mass is 10.4. The topological polar surface area (TPSA) is 39.0 Å². The van der Waals surface area contributed by atoms with Crippen molar-refractivity contribution in [1.29, 1.82) is 0 Å². The van der Waals surface area contributed by atoms with E-state index in [1.807, 2.05) is 35.0 Å². The van der Waals surface area contributed by atoms with Crippen LogP contribution in [-0.2, 0) is 4.74 Å². The second kappa shape index (κ2) is 6.54. The van der Waals surface area contributed by atoms with Gasteiger partial charge >= 0.3 is 0 Å². The second-order valence-electron chi connectivity index (χ2n) is 4.36. The SMILES string of the molecule is C.c1ccn2nc(OCCN3CCOCC3)cc2c1.